The average molecular weight is 348 g/mol. The van der Waals surface area contributed by atoms with Gasteiger partial charge in [0.1, 0.15) is 5.75 Å². The summed E-state index contributed by atoms with van der Waals surface area (Å²) in [6.07, 6.45) is 1.82. The van der Waals surface area contributed by atoms with E-state index < -0.39 is 0 Å². The molecule has 0 aliphatic carbocycles. The minimum atomic E-state index is 0.621. The van der Waals surface area contributed by atoms with Crippen LogP contribution in [-0.2, 0) is 0 Å². The normalized spacial score (nSPS) is 10.8. The summed E-state index contributed by atoms with van der Waals surface area (Å²) in [5.41, 5.74) is 7.29. The molecule has 3 nitrogen and oxygen atoms in total. The minimum Gasteiger partial charge on any atom is -0.493 e. The van der Waals surface area contributed by atoms with Gasteiger partial charge in [0.25, 0.3) is 0 Å². The molecule has 0 fully saturated rings. The summed E-state index contributed by atoms with van der Waals surface area (Å²) in [7, 11) is 0. The third kappa shape index (κ3) is 4.63. The summed E-state index contributed by atoms with van der Waals surface area (Å²) >= 11 is 0. The van der Waals surface area contributed by atoms with Crippen LogP contribution in [-0.4, -0.2) is 19.4 Å². The Morgan fingerprint density at radius 2 is 1.85 bits per heavy atom. The van der Waals surface area contributed by atoms with Gasteiger partial charge in [0.15, 0.2) is 0 Å². The molecule has 2 rings (SSSR count). The molecule has 0 saturated heterocycles. The lowest BCUT2D eigenvalue weighted by Crippen LogP contribution is -2.15. The Hall–Kier alpha value is -2.81. The van der Waals surface area contributed by atoms with Crippen LogP contribution in [0.1, 0.15) is 36.1 Å². The molecule has 0 amide bonds. The summed E-state index contributed by atoms with van der Waals surface area (Å²) < 4.78 is 5.68. The van der Waals surface area contributed by atoms with Crippen molar-refractivity contribution in [2.45, 2.75) is 27.7 Å². The lowest BCUT2D eigenvalue weighted by molar-refractivity contribution is 0.339. The Kier molecular flexibility index (Phi) is 6.79. The second-order valence-corrected chi connectivity index (χ2v) is 6.21. The summed E-state index contributed by atoms with van der Waals surface area (Å²) in [4.78, 5) is 4.41. The highest BCUT2D eigenvalue weighted by Gasteiger charge is 2.10. The molecule has 0 aromatic heterocycles. The van der Waals surface area contributed by atoms with Gasteiger partial charge in [0, 0.05) is 24.0 Å². The van der Waals surface area contributed by atoms with Crippen LogP contribution >= 0.6 is 0 Å². The molecule has 3 heteroatoms. The highest BCUT2D eigenvalue weighted by Crippen LogP contribution is 2.28. The van der Waals surface area contributed by atoms with Gasteiger partial charge in [-0.1, -0.05) is 25.3 Å². The molecule has 136 valence electrons. The molecule has 0 heterocycles. The molecule has 0 bridgehead atoms. The molecule has 0 atom stereocenters. The SMILES string of the molecule is C=C(CNC(=C)c1ccccc1OCC)c1cc(C)c(N=CC)cc1C. The predicted molar refractivity (Wildman–Crippen MR) is 113 cm³/mol. The number of ether oxygens (including phenoxy) is 1. The minimum absolute atomic E-state index is 0.621. The van der Waals surface area contributed by atoms with Crippen LogP contribution in [0.2, 0.25) is 0 Å². The van der Waals surface area contributed by atoms with Gasteiger partial charge in [-0.2, -0.15) is 0 Å². The first-order valence-electron chi connectivity index (χ1n) is 8.91. The van der Waals surface area contributed by atoms with E-state index in [9.17, 15) is 0 Å². The highest BCUT2D eigenvalue weighted by atomic mass is 16.5. The van der Waals surface area contributed by atoms with E-state index in [4.69, 9.17) is 4.74 Å². The van der Waals surface area contributed by atoms with Gasteiger partial charge in [-0.05, 0) is 74.2 Å². The Morgan fingerprint density at radius 3 is 2.54 bits per heavy atom. The first-order chi connectivity index (χ1) is 12.5. The third-order valence-electron chi connectivity index (χ3n) is 4.22. The molecular weight excluding hydrogens is 320 g/mol. The van der Waals surface area contributed by atoms with Crippen molar-refractivity contribution in [1.29, 1.82) is 0 Å². The maximum atomic E-state index is 5.68. The largest absolute Gasteiger partial charge is 0.493 e. The van der Waals surface area contributed by atoms with Crippen molar-refractivity contribution in [1.82, 2.24) is 5.32 Å². The lowest BCUT2D eigenvalue weighted by Gasteiger charge is -2.17. The zero-order chi connectivity index (χ0) is 19.1. The number of hydrogen-bond donors (Lipinski definition) is 1. The zero-order valence-electron chi connectivity index (χ0n) is 16.2. The molecule has 0 spiro atoms. The second kappa shape index (κ2) is 9.04. The summed E-state index contributed by atoms with van der Waals surface area (Å²) in [6, 6.07) is 12.2. The molecule has 0 saturated carbocycles. The fraction of sp³-hybridized carbons (Fsp3) is 0.261. The maximum absolute atomic E-state index is 5.68. The Balaban J connectivity index is 2.12. The van der Waals surface area contributed by atoms with Gasteiger partial charge >= 0.3 is 0 Å². The molecule has 0 aliphatic rings. The number of para-hydroxylation sites is 1. The zero-order valence-corrected chi connectivity index (χ0v) is 16.2. The van der Waals surface area contributed by atoms with Crippen LogP contribution < -0.4 is 10.1 Å². The maximum Gasteiger partial charge on any atom is 0.128 e. The number of aryl methyl sites for hydroxylation is 2. The van der Waals surface area contributed by atoms with E-state index >= 15 is 0 Å². The molecule has 26 heavy (non-hydrogen) atoms. The molecule has 2 aromatic rings. The van der Waals surface area contributed by atoms with Crippen LogP contribution in [0.15, 0.2) is 54.5 Å². The number of aliphatic imine (C=N–C) groups is 1. The number of hydrogen-bond acceptors (Lipinski definition) is 3. The monoisotopic (exact) mass is 348 g/mol. The van der Waals surface area contributed by atoms with Gasteiger partial charge < -0.3 is 10.1 Å². The van der Waals surface area contributed by atoms with Crippen LogP contribution in [0.4, 0.5) is 5.69 Å². The van der Waals surface area contributed by atoms with Gasteiger partial charge in [-0.15, -0.1) is 0 Å². The Bertz CT molecular complexity index is 834. The molecule has 0 aliphatic heterocycles. The van der Waals surface area contributed by atoms with Crippen molar-refractivity contribution in [2.75, 3.05) is 13.2 Å². The fourth-order valence-corrected chi connectivity index (χ4v) is 2.86. The molecule has 0 unspecified atom stereocenters. The van der Waals surface area contributed by atoms with Gasteiger partial charge in [-0.25, -0.2) is 0 Å². The quantitative estimate of drug-likeness (QED) is 0.621. The van der Waals surface area contributed by atoms with E-state index in [1.165, 1.54) is 5.56 Å². The molecular formula is C23H28N2O. The summed E-state index contributed by atoms with van der Waals surface area (Å²) in [5, 5.41) is 3.38. The van der Waals surface area contributed by atoms with Crippen LogP contribution in [0.5, 0.6) is 5.75 Å². The standard InChI is InChI=1S/C23H28N2O/c1-7-24-22-14-16(3)21(13-17(22)4)18(5)15-25-19(6)20-11-9-10-12-23(20)26-8-2/h7,9-14,25H,5-6,8,15H2,1-4H3. The van der Waals surface area contributed by atoms with Crippen molar-refractivity contribution in [3.05, 3.63) is 71.8 Å². The fourth-order valence-electron chi connectivity index (χ4n) is 2.86. The van der Waals surface area contributed by atoms with Gasteiger partial charge in [0.2, 0.25) is 0 Å². The van der Waals surface area contributed by atoms with Crippen LogP contribution in [0.3, 0.4) is 0 Å². The highest BCUT2D eigenvalue weighted by molar-refractivity contribution is 5.74. The van der Waals surface area contributed by atoms with Crippen molar-refractivity contribution in [3.63, 3.8) is 0 Å². The van der Waals surface area contributed by atoms with Crippen LogP contribution in [0.25, 0.3) is 11.3 Å². The number of nitrogens with zero attached hydrogens (tertiary/aromatic N) is 1. The third-order valence-corrected chi connectivity index (χ3v) is 4.22. The van der Waals surface area contributed by atoms with E-state index in [-0.39, 0.29) is 0 Å². The summed E-state index contributed by atoms with van der Waals surface area (Å²) in [5.74, 6) is 0.840. The summed E-state index contributed by atoms with van der Waals surface area (Å²) in [6.45, 7) is 17.7. The Labute approximate surface area is 157 Å². The predicted octanol–water partition coefficient (Wildman–Crippen LogP) is 5.70. The topological polar surface area (TPSA) is 33.6 Å². The average Bonchev–Trinajstić information content (AvgIpc) is 2.63. The van der Waals surface area contributed by atoms with E-state index in [2.05, 4.69) is 49.4 Å². The number of rotatable bonds is 8. The van der Waals surface area contributed by atoms with Crippen LogP contribution in [0, 0.1) is 13.8 Å². The van der Waals surface area contributed by atoms with Crippen molar-refractivity contribution >= 4 is 23.2 Å². The smallest absolute Gasteiger partial charge is 0.128 e. The van der Waals surface area contributed by atoms with E-state index in [0.717, 1.165) is 39.4 Å². The van der Waals surface area contributed by atoms with Crippen molar-refractivity contribution in [3.8, 4) is 5.75 Å². The van der Waals surface area contributed by atoms with Gasteiger partial charge in [0.05, 0.1) is 12.3 Å². The van der Waals surface area contributed by atoms with Crippen molar-refractivity contribution in [2.24, 2.45) is 4.99 Å². The lowest BCUT2D eigenvalue weighted by atomic mass is 9.98. The van der Waals surface area contributed by atoms with E-state index in [0.29, 0.717) is 13.2 Å². The van der Waals surface area contributed by atoms with E-state index in [1.54, 1.807) is 0 Å². The number of benzene rings is 2. The molecule has 0 radical (unpaired) electrons. The molecule has 2 aromatic carbocycles. The van der Waals surface area contributed by atoms with Crippen molar-refractivity contribution < 1.29 is 4.74 Å². The number of nitrogens with one attached hydrogen (secondary N) is 1. The first-order valence-corrected chi connectivity index (χ1v) is 8.91. The van der Waals surface area contributed by atoms with E-state index in [1.807, 2.05) is 44.3 Å². The second-order valence-electron chi connectivity index (χ2n) is 6.21. The first kappa shape index (κ1) is 19.5. The van der Waals surface area contributed by atoms with Gasteiger partial charge in [-0.3, -0.25) is 4.99 Å². The molecule has 1 N–H and O–H groups in total. The Morgan fingerprint density at radius 1 is 1.12 bits per heavy atom.